The third kappa shape index (κ3) is 5.35. The molecule has 0 aromatic heterocycles. The van der Waals surface area contributed by atoms with Gasteiger partial charge in [-0.25, -0.2) is 9.59 Å². The number of methoxy groups -OCH3 is 1. The summed E-state index contributed by atoms with van der Waals surface area (Å²) in [6.45, 7) is 3.39. The number of carbonyl (C=O) groups is 2. The first-order valence-corrected chi connectivity index (χ1v) is 9.64. The van der Waals surface area contributed by atoms with Gasteiger partial charge >= 0.3 is 11.9 Å². The molecular formula is C21H21Cl2NO6. The molecule has 1 unspecified atom stereocenters. The topological polar surface area (TPSA) is 83.1 Å². The van der Waals surface area contributed by atoms with Crippen LogP contribution in [-0.2, 0) is 28.8 Å². The maximum atomic E-state index is 12.9. The Balaban J connectivity index is 2.56. The average Bonchev–Trinajstić information content (AvgIpc) is 2.69. The van der Waals surface area contributed by atoms with Crippen molar-refractivity contribution in [3.05, 3.63) is 56.3 Å². The Labute approximate surface area is 184 Å². The standard InChI is InChI=1S/C21H21Cl2NO6/c1-5-9-29-30-21(26)17-13(3)24-12(2)16(20(25)28-11-10-27-4)18(17)14-7-6-8-15(22)19(14)23/h1,6-8,18,24H,9-11H2,2-4H3. The van der Waals surface area contributed by atoms with Crippen LogP contribution >= 0.6 is 23.2 Å². The molecule has 0 radical (unpaired) electrons. The molecule has 7 nitrogen and oxygen atoms in total. The van der Waals surface area contributed by atoms with Crippen LogP contribution in [0.15, 0.2) is 40.7 Å². The highest BCUT2D eigenvalue weighted by Crippen LogP contribution is 2.43. The molecule has 2 rings (SSSR count). The van der Waals surface area contributed by atoms with Gasteiger partial charge in [-0.2, -0.15) is 4.89 Å². The molecule has 1 aromatic rings. The van der Waals surface area contributed by atoms with E-state index in [-0.39, 0.29) is 41.0 Å². The Morgan fingerprint density at radius 1 is 1.13 bits per heavy atom. The second kappa shape index (κ2) is 11.0. The second-order valence-electron chi connectivity index (χ2n) is 6.24. The molecular weight excluding hydrogens is 433 g/mol. The van der Waals surface area contributed by atoms with Crippen LogP contribution in [0.25, 0.3) is 0 Å². The van der Waals surface area contributed by atoms with Crippen molar-refractivity contribution in [1.29, 1.82) is 0 Å². The van der Waals surface area contributed by atoms with Crippen molar-refractivity contribution in [2.75, 3.05) is 26.9 Å². The SMILES string of the molecule is C#CCOOC(=O)C1=C(C)NC(C)=C(C(=O)OCCOC)C1c1cccc(Cl)c1Cl. The lowest BCUT2D eigenvalue weighted by atomic mass is 9.80. The maximum Gasteiger partial charge on any atom is 0.371 e. The van der Waals surface area contributed by atoms with Crippen molar-refractivity contribution < 1.29 is 28.8 Å². The minimum absolute atomic E-state index is 0.0376. The summed E-state index contributed by atoms with van der Waals surface area (Å²) in [5.74, 6) is -0.180. The van der Waals surface area contributed by atoms with E-state index in [1.165, 1.54) is 7.11 Å². The van der Waals surface area contributed by atoms with Crippen LogP contribution in [0.1, 0.15) is 25.3 Å². The van der Waals surface area contributed by atoms with Crippen LogP contribution in [0.2, 0.25) is 10.0 Å². The van der Waals surface area contributed by atoms with Crippen LogP contribution in [0, 0.1) is 12.3 Å². The average molecular weight is 454 g/mol. The van der Waals surface area contributed by atoms with E-state index in [0.717, 1.165) is 0 Å². The number of dihydropyridines is 1. The van der Waals surface area contributed by atoms with Crippen molar-refractivity contribution >= 4 is 35.1 Å². The molecule has 1 aliphatic heterocycles. The van der Waals surface area contributed by atoms with Crippen LogP contribution in [0.3, 0.4) is 0 Å². The third-order valence-corrected chi connectivity index (χ3v) is 5.12. The number of halogens is 2. The normalized spacial score (nSPS) is 16.1. The fourth-order valence-electron chi connectivity index (χ4n) is 3.05. The number of ether oxygens (including phenoxy) is 2. The van der Waals surface area contributed by atoms with E-state index in [9.17, 15) is 9.59 Å². The first-order chi connectivity index (χ1) is 14.3. The predicted molar refractivity (Wildman–Crippen MR) is 111 cm³/mol. The smallest absolute Gasteiger partial charge is 0.371 e. The number of esters is 1. The van der Waals surface area contributed by atoms with Gasteiger partial charge in [0.2, 0.25) is 0 Å². The fourth-order valence-corrected chi connectivity index (χ4v) is 3.46. The molecule has 160 valence electrons. The van der Waals surface area contributed by atoms with Crippen LogP contribution in [0.4, 0.5) is 0 Å². The van der Waals surface area contributed by atoms with Gasteiger partial charge in [0.1, 0.15) is 6.61 Å². The van der Waals surface area contributed by atoms with Gasteiger partial charge in [0.05, 0.1) is 33.7 Å². The summed E-state index contributed by atoms with van der Waals surface area (Å²) in [7, 11) is 1.49. The zero-order chi connectivity index (χ0) is 22.3. The monoisotopic (exact) mass is 453 g/mol. The predicted octanol–water partition coefficient (Wildman–Crippen LogP) is 3.53. The van der Waals surface area contributed by atoms with Gasteiger partial charge in [-0.05, 0) is 25.5 Å². The summed E-state index contributed by atoms with van der Waals surface area (Å²) >= 11 is 12.6. The molecule has 1 heterocycles. The lowest BCUT2D eigenvalue weighted by Crippen LogP contribution is -2.33. The molecule has 1 aliphatic rings. The zero-order valence-electron chi connectivity index (χ0n) is 16.7. The number of carbonyl (C=O) groups excluding carboxylic acids is 2. The van der Waals surface area contributed by atoms with Crippen LogP contribution in [0.5, 0.6) is 0 Å². The van der Waals surface area contributed by atoms with Gasteiger partial charge in [-0.15, -0.1) is 6.42 Å². The molecule has 0 spiro atoms. The highest BCUT2D eigenvalue weighted by molar-refractivity contribution is 6.42. The van der Waals surface area contributed by atoms with Gasteiger partial charge in [-0.3, -0.25) is 4.89 Å². The van der Waals surface area contributed by atoms with E-state index in [1.807, 2.05) is 0 Å². The van der Waals surface area contributed by atoms with Crippen LogP contribution in [-0.4, -0.2) is 38.9 Å². The summed E-state index contributed by atoms with van der Waals surface area (Å²) in [6.07, 6.45) is 5.11. The number of nitrogens with one attached hydrogen (secondary N) is 1. The first kappa shape index (κ1) is 23.8. The zero-order valence-corrected chi connectivity index (χ0v) is 18.2. The number of rotatable bonds is 8. The lowest BCUT2D eigenvalue weighted by Gasteiger charge is -2.30. The number of benzene rings is 1. The molecule has 0 amide bonds. The lowest BCUT2D eigenvalue weighted by molar-refractivity contribution is -0.260. The van der Waals surface area contributed by atoms with Gasteiger partial charge in [0.15, 0.2) is 6.61 Å². The minimum atomic E-state index is -0.908. The number of terminal acetylenes is 1. The number of hydrogen-bond acceptors (Lipinski definition) is 7. The Bertz CT molecular complexity index is 932. The molecule has 1 N–H and O–H groups in total. The summed E-state index contributed by atoms with van der Waals surface area (Å²) in [6, 6.07) is 4.94. The van der Waals surface area contributed by atoms with Crippen LogP contribution < -0.4 is 5.32 Å². The summed E-state index contributed by atoms with van der Waals surface area (Å²) in [5.41, 5.74) is 1.69. The highest BCUT2D eigenvalue weighted by Gasteiger charge is 2.39. The summed E-state index contributed by atoms with van der Waals surface area (Å²) in [5, 5.41) is 3.48. The molecule has 0 aliphatic carbocycles. The fraction of sp³-hybridized carbons (Fsp3) is 0.333. The van der Waals surface area contributed by atoms with Crippen molar-refractivity contribution in [3.63, 3.8) is 0 Å². The number of hydrogen-bond donors (Lipinski definition) is 1. The van der Waals surface area contributed by atoms with Gasteiger partial charge in [0.25, 0.3) is 0 Å². The van der Waals surface area contributed by atoms with E-state index in [0.29, 0.717) is 17.0 Å². The molecule has 0 saturated heterocycles. The maximum absolute atomic E-state index is 12.9. The van der Waals surface area contributed by atoms with Crippen molar-refractivity contribution in [2.24, 2.45) is 0 Å². The van der Waals surface area contributed by atoms with E-state index in [1.54, 1.807) is 32.0 Å². The van der Waals surface area contributed by atoms with Gasteiger partial charge in [0, 0.05) is 18.5 Å². The highest BCUT2D eigenvalue weighted by atomic mass is 35.5. The van der Waals surface area contributed by atoms with E-state index < -0.39 is 17.9 Å². The summed E-state index contributed by atoms with van der Waals surface area (Å²) in [4.78, 5) is 35.3. The van der Waals surface area contributed by atoms with Gasteiger partial charge in [-0.1, -0.05) is 41.3 Å². The summed E-state index contributed by atoms with van der Waals surface area (Å²) < 4.78 is 10.2. The molecule has 0 saturated carbocycles. The third-order valence-electron chi connectivity index (χ3n) is 4.29. The Morgan fingerprint density at radius 3 is 2.43 bits per heavy atom. The van der Waals surface area contributed by atoms with Gasteiger partial charge < -0.3 is 14.8 Å². The number of allylic oxidation sites excluding steroid dienone is 2. The first-order valence-electron chi connectivity index (χ1n) is 8.89. The quantitative estimate of drug-likeness (QED) is 0.212. The Hall–Kier alpha value is -2.50. The van der Waals surface area contributed by atoms with E-state index in [2.05, 4.69) is 11.2 Å². The molecule has 1 aromatic carbocycles. The second-order valence-corrected chi connectivity index (χ2v) is 7.03. The van der Waals surface area contributed by atoms with Crippen molar-refractivity contribution in [3.8, 4) is 12.3 Å². The van der Waals surface area contributed by atoms with Crippen molar-refractivity contribution in [2.45, 2.75) is 19.8 Å². The van der Waals surface area contributed by atoms with Crippen molar-refractivity contribution in [1.82, 2.24) is 5.32 Å². The largest absolute Gasteiger partial charge is 0.460 e. The molecule has 0 bridgehead atoms. The van der Waals surface area contributed by atoms with E-state index in [4.69, 9.17) is 48.9 Å². The molecule has 30 heavy (non-hydrogen) atoms. The molecule has 9 heteroatoms. The molecule has 1 atom stereocenters. The minimum Gasteiger partial charge on any atom is -0.460 e. The van der Waals surface area contributed by atoms with E-state index >= 15 is 0 Å². The molecule has 0 fully saturated rings. The Morgan fingerprint density at radius 2 is 1.80 bits per heavy atom. The Kier molecular flexibility index (Phi) is 8.75.